The summed E-state index contributed by atoms with van der Waals surface area (Å²) in [6.45, 7) is 8.16. The summed E-state index contributed by atoms with van der Waals surface area (Å²) in [5.41, 5.74) is -0.255. The highest BCUT2D eigenvalue weighted by Gasteiger charge is 2.21. The van der Waals surface area contributed by atoms with Crippen molar-refractivity contribution in [2.75, 3.05) is 13.7 Å². The number of nitrogens with one attached hydrogen (secondary N) is 1. The van der Waals surface area contributed by atoms with Crippen molar-refractivity contribution >= 4 is 0 Å². The van der Waals surface area contributed by atoms with Gasteiger partial charge in [0, 0.05) is 20.1 Å². The summed E-state index contributed by atoms with van der Waals surface area (Å²) in [5.74, 6) is 0. The van der Waals surface area contributed by atoms with Gasteiger partial charge in [0.2, 0.25) is 0 Å². The van der Waals surface area contributed by atoms with Crippen molar-refractivity contribution < 1.29 is 4.74 Å². The van der Waals surface area contributed by atoms with Crippen LogP contribution in [0.25, 0.3) is 0 Å². The summed E-state index contributed by atoms with van der Waals surface area (Å²) in [7, 11) is 1.65. The second kappa shape index (κ2) is 5.74. The minimum absolute atomic E-state index is 0.173. The van der Waals surface area contributed by atoms with Gasteiger partial charge >= 0.3 is 0 Å². The number of ether oxygens (including phenoxy) is 1. The van der Waals surface area contributed by atoms with Crippen LogP contribution in [-0.4, -0.2) is 25.3 Å². The summed E-state index contributed by atoms with van der Waals surface area (Å²) in [4.78, 5) is 0. The SMILES string of the molecule is C=CCNC(C#N)CC(C)(C)OC. The first-order valence-corrected chi connectivity index (χ1v) is 4.35. The standard InChI is InChI=1S/C10H18N2O/c1-5-6-12-9(8-11)7-10(2,3)13-4/h5,9,12H,1,6-7H2,2-4H3. The highest BCUT2D eigenvalue weighted by atomic mass is 16.5. The first kappa shape index (κ1) is 12.2. The molecule has 0 aromatic carbocycles. The molecule has 3 nitrogen and oxygen atoms in total. The van der Waals surface area contributed by atoms with E-state index in [-0.39, 0.29) is 11.6 Å². The van der Waals surface area contributed by atoms with E-state index >= 15 is 0 Å². The molecule has 0 rings (SSSR count). The Labute approximate surface area is 80.4 Å². The van der Waals surface area contributed by atoms with Gasteiger partial charge in [-0.15, -0.1) is 6.58 Å². The molecule has 0 spiro atoms. The van der Waals surface area contributed by atoms with E-state index in [4.69, 9.17) is 10.00 Å². The van der Waals surface area contributed by atoms with Crippen LogP contribution in [0, 0.1) is 11.3 Å². The van der Waals surface area contributed by atoms with Crippen LogP contribution in [0.5, 0.6) is 0 Å². The third-order valence-electron chi connectivity index (χ3n) is 1.91. The lowest BCUT2D eigenvalue weighted by Gasteiger charge is -2.25. The lowest BCUT2D eigenvalue weighted by molar-refractivity contribution is 0.0115. The Hall–Kier alpha value is -0.850. The molecule has 0 radical (unpaired) electrons. The van der Waals surface area contributed by atoms with Gasteiger partial charge in [-0.1, -0.05) is 6.08 Å². The molecule has 0 saturated heterocycles. The number of hydrogen-bond donors (Lipinski definition) is 1. The van der Waals surface area contributed by atoms with Crippen LogP contribution in [0.2, 0.25) is 0 Å². The van der Waals surface area contributed by atoms with Crippen LogP contribution in [0.4, 0.5) is 0 Å². The fourth-order valence-corrected chi connectivity index (χ4v) is 0.964. The number of nitriles is 1. The summed E-state index contributed by atoms with van der Waals surface area (Å²) in [5, 5.41) is 11.9. The van der Waals surface area contributed by atoms with Crippen LogP contribution in [-0.2, 0) is 4.74 Å². The Morgan fingerprint density at radius 3 is 2.69 bits per heavy atom. The largest absolute Gasteiger partial charge is 0.379 e. The average molecular weight is 182 g/mol. The van der Waals surface area contributed by atoms with E-state index in [1.54, 1.807) is 13.2 Å². The molecule has 1 unspecified atom stereocenters. The Balaban J connectivity index is 3.98. The third-order valence-corrected chi connectivity index (χ3v) is 1.91. The van der Waals surface area contributed by atoms with Crippen molar-refractivity contribution in [3.63, 3.8) is 0 Å². The predicted molar refractivity (Wildman–Crippen MR) is 53.3 cm³/mol. The predicted octanol–water partition coefficient (Wildman–Crippen LogP) is 1.47. The van der Waals surface area contributed by atoms with Gasteiger partial charge in [-0.05, 0) is 13.8 Å². The van der Waals surface area contributed by atoms with Crippen molar-refractivity contribution in [2.24, 2.45) is 0 Å². The van der Waals surface area contributed by atoms with Gasteiger partial charge in [0.05, 0.1) is 17.7 Å². The zero-order valence-electron chi connectivity index (χ0n) is 8.63. The van der Waals surface area contributed by atoms with Crippen LogP contribution in [0.1, 0.15) is 20.3 Å². The van der Waals surface area contributed by atoms with E-state index in [9.17, 15) is 0 Å². The van der Waals surface area contributed by atoms with E-state index in [1.807, 2.05) is 13.8 Å². The van der Waals surface area contributed by atoms with E-state index in [0.29, 0.717) is 13.0 Å². The van der Waals surface area contributed by atoms with Crippen LogP contribution >= 0.6 is 0 Å². The Kier molecular flexibility index (Phi) is 5.36. The Bertz CT molecular complexity index is 194. The fraction of sp³-hybridized carbons (Fsp3) is 0.700. The summed E-state index contributed by atoms with van der Waals surface area (Å²) < 4.78 is 5.23. The molecule has 0 bridgehead atoms. The minimum atomic E-state index is -0.255. The molecular formula is C10H18N2O. The highest BCUT2D eigenvalue weighted by Crippen LogP contribution is 2.14. The Morgan fingerprint density at radius 1 is 1.69 bits per heavy atom. The van der Waals surface area contributed by atoms with Gasteiger partial charge < -0.3 is 4.74 Å². The van der Waals surface area contributed by atoms with Crippen molar-refractivity contribution in [1.82, 2.24) is 5.32 Å². The Morgan fingerprint density at radius 2 is 2.31 bits per heavy atom. The third kappa shape index (κ3) is 5.40. The minimum Gasteiger partial charge on any atom is -0.379 e. The van der Waals surface area contributed by atoms with Crippen LogP contribution < -0.4 is 5.32 Å². The van der Waals surface area contributed by atoms with Gasteiger partial charge in [-0.25, -0.2) is 0 Å². The first-order chi connectivity index (χ1) is 6.05. The van der Waals surface area contributed by atoms with Gasteiger partial charge in [0.15, 0.2) is 0 Å². The fourth-order valence-electron chi connectivity index (χ4n) is 0.964. The van der Waals surface area contributed by atoms with E-state index in [0.717, 1.165) is 0 Å². The van der Waals surface area contributed by atoms with Crippen molar-refractivity contribution in [1.29, 1.82) is 5.26 Å². The molecule has 0 amide bonds. The molecule has 13 heavy (non-hydrogen) atoms. The lowest BCUT2D eigenvalue weighted by Crippen LogP contribution is -2.36. The average Bonchev–Trinajstić information content (AvgIpc) is 2.12. The molecule has 0 aliphatic carbocycles. The number of rotatable bonds is 6. The maximum Gasteiger partial charge on any atom is 0.0982 e. The molecular weight excluding hydrogens is 164 g/mol. The van der Waals surface area contributed by atoms with E-state index in [1.165, 1.54) is 0 Å². The number of methoxy groups -OCH3 is 1. The monoisotopic (exact) mass is 182 g/mol. The molecule has 0 heterocycles. The normalized spacial score (nSPS) is 13.4. The zero-order chi connectivity index (χ0) is 10.3. The van der Waals surface area contributed by atoms with Crippen molar-refractivity contribution in [2.45, 2.75) is 31.9 Å². The van der Waals surface area contributed by atoms with Gasteiger partial charge in [0.25, 0.3) is 0 Å². The summed E-state index contributed by atoms with van der Waals surface area (Å²) in [6.07, 6.45) is 2.41. The molecule has 0 aliphatic rings. The molecule has 1 atom stereocenters. The molecule has 0 aromatic heterocycles. The number of nitrogens with zero attached hydrogens (tertiary/aromatic N) is 1. The molecule has 0 fully saturated rings. The molecule has 0 saturated carbocycles. The smallest absolute Gasteiger partial charge is 0.0982 e. The van der Waals surface area contributed by atoms with Crippen LogP contribution in [0.15, 0.2) is 12.7 Å². The molecule has 0 aliphatic heterocycles. The van der Waals surface area contributed by atoms with Gasteiger partial charge in [-0.3, -0.25) is 5.32 Å². The zero-order valence-corrected chi connectivity index (χ0v) is 8.63. The quantitative estimate of drug-likeness (QED) is 0.633. The van der Waals surface area contributed by atoms with Crippen molar-refractivity contribution in [3.8, 4) is 6.07 Å². The molecule has 74 valence electrons. The van der Waals surface area contributed by atoms with E-state index in [2.05, 4.69) is 18.0 Å². The number of hydrogen-bond acceptors (Lipinski definition) is 3. The maximum absolute atomic E-state index is 8.81. The topological polar surface area (TPSA) is 45.0 Å². The van der Waals surface area contributed by atoms with Crippen LogP contribution in [0.3, 0.4) is 0 Å². The summed E-state index contributed by atoms with van der Waals surface area (Å²) >= 11 is 0. The van der Waals surface area contributed by atoms with Gasteiger partial charge in [-0.2, -0.15) is 5.26 Å². The van der Waals surface area contributed by atoms with E-state index < -0.39 is 0 Å². The molecule has 0 aromatic rings. The highest BCUT2D eigenvalue weighted by molar-refractivity contribution is 4.95. The molecule has 3 heteroatoms. The summed E-state index contributed by atoms with van der Waals surface area (Å²) in [6, 6.07) is 2.02. The molecule has 1 N–H and O–H groups in total. The second-order valence-corrected chi connectivity index (χ2v) is 3.55. The lowest BCUT2D eigenvalue weighted by atomic mass is 9.99. The van der Waals surface area contributed by atoms with Crippen molar-refractivity contribution in [3.05, 3.63) is 12.7 Å². The first-order valence-electron chi connectivity index (χ1n) is 4.35. The van der Waals surface area contributed by atoms with Gasteiger partial charge in [0.1, 0.15) is 0 Å². The second-order valence-electron chi connectivity index (χ2n) is 3.55. The maximum atomic E-state index is 8.81.